The van der Waals surface area contributed by atoms with Gasteiger partial charge in [0, 0.05) is 13.1 Å². The first-order valence-electron chi connectivity index (χ1n) is 6.07. The number of likely N-dealkylation sites (tertiary alicyclic amines) is 1. The largest absolute Gasteiger partial charge is 0.391 e. The number of carbonyl (C=O) groups excluding carboxylic acids is 1. The number of rotatable bonds is 1. The number of β-amino-alcohol motifs (C(OH)–C–C–N with tert-alkyl or cyclic N) is 1. The molecule has 1 amide bonds. The molecule has 0 aromatic heterocycles. The summed E-state index contributed by atoms with van der Waals surface area (Å²) in [6.45, 7) is 1.10. The van der Waals surface area contributed by atoms with Crippen LogP contribution in [0.25, 0.3) is 0 Å². The maximum absolute atomic E-state index is 12.3. The van der Waals surface area contributed by atoms with Crippen molar-refractivity contribution in [2.24, 2.45) is 5.41 Å². The zero-order valence-corrected chi connectivity index (χ0v) is 9.48. The van der Waals surface area contributed by atoms with Crippen LogP contribution in [0.3, 0.4) is 0 Å². The Morgan fingerprint density at radius 1 is 1.38 bits per heavy atom. The van der Waals surface area contributed by atoms with Crippen LogP contribution in [-0.4, -0.2) is 35.1 Å². The summed E-state index contributed by atoms with van der Waals surface area (Å²) in [5.41, 5.74) is -0.781. The third kappa shape index (κ3) is 1.92. The number of hydrogen-bond acceptors (Lipinski definition) is 3. The van der Waals surface area contributed by atoms with Gasteiger partial charge in [0.25, 0.3) is 0 Å². The lowest BCUT2D eigenvalue weighted by Gasteiger charge is -2.34. The van der Waals surface area contributed by atoms with Crippen molar-refractivity contribution in [2.75, 3.05) is 13.1 Å². The van der Waals surface area contributed by atoms with Gasteiger partial charge in [-0.15, -0.1) is 0 Å². The van der Waals surface area contributed by atoms with Crippen LogP contribution < -0.4 is 0 Å². The first kappa shape index (κ1) is 11.4. The van der Waals surface area contributed by atoms with Crippen LogP contribution in [0.5, 0.6) is 0 Å². The lowest BCUT2D eigenvalue weighted by Crippen LogP contribution is -2.48. The summed E-state index contributed by atoms with van der Waals surface area (Å²) in [6, 6.07) is 2.22. The number of aliphatic hydroxyl groups excluding tert-OH is 1. The number of piperidine rings is 1. The first-order valence-corrected chi connectivity index (χ1v) is 6.07. The highest BCUT2D eigenvalue weighted by Gasteiger charge is 2.44. The molecule has 2 aliphatic rings. The van der Waals surface area contributed by atoms with Gasteiger partial charge in [0.15, 0.2) is 0 Å². The molecule has 0 radical (unpaired) electrons. The summed E-state index contributed by atoms with van der Waals surface area (Å²) in [4.78, 5) is 14.0. The number of amides is 1. The Morgan fingerprint density at radius 3 is 2.62 bits per heavy atom. The second-order valence-electron chi connectivity index (χ2n) is 4.95. The molecule has 1 saturated carbocycles. The summed E-state index contributed by atoms with van der Waals surface area (Å²) in [5.74, 6) is -0.0498. The van der Waals surface area contributed by atoms with Gasteiger partial charge in [-0.1, -0.05) is 12.8 Å². The molecular weight excluding hydrogens is 204 g/mol. The normalized spacial score (nSPS) is 28.8. The second-order valence-corrected chi connectivity index (χ2v) is 4.95. The standard InChI is InChI=1S/C12H18N2O2/c13-9-12(5-1-2-6-12)11(16)14-7-3-4-10(15)8-14/h10,15H,1-8H2/t10-/m0/s1. The summed E-state index contributed by atoms with van der Waals surface area (Å²) in [6.07, 6.45) is 4.52. The van der Waals surface area contributed by atoms with Crippen LogP contribution in [0.1, 0.15) is 38.5 Å². The van der Waals surface area contributed by atoms with Crippen molar-refractivity contribution in [3.05, 3.63) is 0 Å². The Morgan fingerprint density at radius 2 is 2.06 bits per heavy atom. The van der Waals surface area contributed by atoms with Crippen LogP contribution in [0.4, 0.5) is 0 Å². The smallest absolute Gasteiger partial charge is 0.243 e. The van der Waals surface area contributed by atoms with Crippen molar-refractivity contribution in [3.63, 3.8) is 0 Å². The van der Waals surface area contributed by atoms with E-state index < -0.39 is 11.5 Å². The van der Waals surface area contributed by atoms with Crippen molar-refractivity contribution >= 4 is 5.91 Å². The fourth-order valence-electron chi connectivity index (χ4n) is 2.79. The van der Waals surface area contributed by atoms with E-state index in [9.17, 15) is 15.2 Å². The van der Waals surface area contributed by atoms with Gasteiger partial charge in [0.05, 0.1) is 12.2 Å². The van der Waals surface area contributed by atoms with Crippen LogP contribution in [-0.2, 0) is 4.79 Å². The number of nitrogens with zero attached hydrogens (tertiary/aromatic N) is 2. The van der Waals surface area contributed by atoms with Gasteiger partial charge >= 0.3 is 0 Å². The van der Waals surface area contributed by atoms with Crippen molar-refractivity contribution in [1.29, 1.82) is 5.26 Å². The Labute approximate surface area is 95.9 Å². The highest BCUT2D eigenvalue weighted by atomic mass is 16.3. The maximum Gasteiger partial charge on any atom is 0.243 e. The van der Waals surface area contributed by atoms with E-state index >= 15 is 0 Å². The molecule has 1 heterocycles. The highest BCUT2D eigenvalue weighted by molar-refractivity contribution is 5.86. The summed E-state index contributed by atoms with van der Waals surface area (Å²) in [5, 5.41) is 18.8. The first-order chi connectivity index (χ1) is 7.68. The predicted molar refractivity (Wildman–Crippen MR) is 58.3 cm³/mol. The van der Waals surface area contributed by atoms with Gasteiger partial charge in [0.2, 0.25) is 5.91 Å². The van der Waals surface area contributed by atoms with E-state index in [0.29, 0.717) is 25.9 Å². The van der Waals surface area contributed by atoms with E-state index in [2.05, 4.69) is 6.07 Å². The van der Waals surface area contributed by atoms with E-state index in [-0.39, 0.29) is 5.91 Å². The summed E-state index contributed by atoms with van der Waals surface area (Å²) in [7, 11) is 0. The Balaban J connectivity index is 2.08. The van der Waals surface area contributed by atoms with E-state index in [4.69, 9.17) is 0 Å². The number of carbonyl (C=O) groups is 1. The monoisotopic (exact) mass is 222 g/mol. The third-order valence-corrected chi connectivity index (χ3v) is 3.76. The molecule has 2 fully saturated rings. The molecule has 4 heteroatoms. The summed E-state index contributed by atoms with van der Waals surface area (Å²) < 4.78 is 0. The topological polar surface area (TPSA) is 64.3 Å². The Hall–Kier alpha value is -1.08. The van der Waals surface area contributed by atoms with Gasteiger partial charge in [0.1, 0.15) is 5.41 Å². The number of hydrogen-bond donors (Lipinski definition) is 1. The van der Waals surface area contributed by atoms with Gasteiger partial charge < -0.3 is 10.0 Å². The van der Waals surface area contributed by atoms with E-state index in [1.165, 1.54) is 0 Å². The van der Waals surface area contributed by atoms with Gasteiger partial charge in [-0.3, -0.25) is 4.79 Å². The average molecular weight is 222 g/mol. The van der Waals surface area contributed by atoms with Gasteiger partial charge in [-0.25, -0.2) is 0 Å². The molecule has 16 heavy (non-hydrogen) atoms. The SMILES string of the molecule is N#CC1(C(=O)N2CCC[C@H](O)C2)CCCC1. The minimum absolute atomic E-state index is 0.0498. The molecule has 4 nitrogen and oxygen atoms in total. The Kier molecular flexibility index (Phi) is 3.15. The van der Waals surface area contributed by atoms with E-state index in [1.807, 2.05) is 0 Å². The van der Waals surface area contributed by atoms with E-state index in [1.54, 1.807) is 4.90 Å². The predicted octanol–water partition coefficient (Wildman–Crippen LogP) is 1.05. The zero-order chi connectivity index (χ0) is 11.6. The zero-order valence-electron chi connectivity index (χ0n) is 9.48. The van der Waals surface area contributed by atoms with Crippen LogP contribution in [0.2, 0.25) is 0 Å². The lowest BCUT2D eigenvalue weighted by molar-refractivity contribution is -0.141. The molecule has 1 N–H and O–H groups in total. The number of aliphatic hydroxyl groups is 1. The minimum atomic E-state index is -0.781. The molecule has 1 aliphatic heterocycles. The van der Waals surface area contributed by atoms with Crippen molar-refractivity contribution in [2.45, 2.75) is 44.6 Å². The molecule has 0 unspecified atom stereocenters. The average Bonchev–Trinajstić information content (AvgIpc) is 2.78. The molecule has 88 valence electrons. The molecule has 0 bridgehead atoms. The number of nitriles is 1. The Bertz CT molecular complexity index is 315. The van der Waals surface area contributed by atoms with Crippen molar-refractivity contribution in [3.8, 4) is 6.07 Å². The minimum Gasteiger partial charge on any atom is -0.391 e. The maximum atomic E-state index is 12.3. The fraction of sp³-hybridized carbons (Fsp3) is 0.833. The molecule has 1 saturated heterocycles. The molecule has 0 aromatic rings. The lowest BCUT2D eigenvalue weighted by atomic mass is 9.85. The molecule has 0 aromatic carbocycles. The van der Waals surface area contributed by atoms with Crippen LogP contribution in [0, 0.1) is 16.7 Å². The summed E-state index contributed by atoms with van der Waals surface area (Å²) >= 11 is 0. The molecule has 2 rings (SSSR count). The second kappa shape index (κ2) is 4.42. The van der Waals surface area contributed by atoms with Crippen LogP contribution >= 0.6 is 0 Å². The van der Waals surface area contributed by atoms with E-state index in [0.717, 1.165) is 25.7 Å². The van der Waals surface area contributed by atoms with Gasteiger partial charge in [-0.05, 0) is 25.7 Å². The quantitative estimate of drug-likeness (QED) is 0.721. The molecule has 0 spiro atoms. The molecule has 1 aliphatic carbocycles. The van der Waals surface area contributed by atoms with Gasteiger partial charge in [-0.2, -0.15) is 5.26 Å². The van der Waals surface area contributed by atoms with Crippen LogP contribution in [0.15, 0.2) is 0 Å². The highest BCUT2D eigenvalue weighted by Crippen LogP contribution is 2.39. The molecular formula is C12H18N2O2. The van der Waals surface area contributed by atoms with Crippen molar-refractivity contribution in [1.82, 2.24) is 4.90 Å². The molecule has 1 atom stereocenters. The van der Waals surface area contributed by atoms with Crippen molar-refractivity contribution < 1.29 is 9.90 Å². The third-order valence-electron chi connectivity index (χ3n) is 3.76. The fourth-order valence-corrected chi connectivity index (χ4v) is 2.79.